The van der Waals surface area contributed by atoms with Gasteiger partial charge in [-0.15, -0.1) is 11.3 Å². The zero-order chi connectivity index (χ0) is 11.3. The predicted molar refractivity (Wildman–Crippen MR) is 69.9 cm³/mol. The van der Waals surface area contributed by atoms with Crippen molar-refractivity contribution in [3.8, 4) is 0 Å². The molecule has 0 aliphatic rings. The Bertz CT molecular complexity index is 283. The summed E-state index contributed by atoms with van der Waals surface area (Å²) in [6.45, 7) is 7.98. The van der Waals surface area contributed by atoms with Gasteiger partial charge >= 0.3 is 0 Å². The third-order valence-electron chi connectivity index (χ3n) is 2.50. The fraction of sp³-hybridized carbons (Fsp3) is 0.692. The van der Waals surface area contributed by atoms with Crippen LogP contribution in [-0.2, 0) is 11.8 Å². The molecule has 0 fully saturated rings. The molecular weight excluding hydrogens is 202 g/mol. The van der Waals surface area contributed by atoms with Crippen molar-refractivity contribution in [1.29, 1.82) is 0 Å². The van der Waals surface area contributed by atoms with E-state index in [1.165, 1.54) is 29.0 Å². The molecule has 1 aromatic rings. The van der Waals surface area contributed by atoms with E-state index < -0.39 is 0 Å². The molecule has 1 heterocycles. The van der Waals surface area contributed by atoms with E-state index >= 15 is 0 Å². The lowest BCUT2D eigenvalue weighted by atomic mass is 9.95. The van der Waals surface area contributed by atoms with E-state index in [9.17, 15) is 0 Å². The van der Waals surface area contributed by atoms with E-state index in [2.05, 4.69) is 38.2 Å². The second kappa shape index (κ2) is 5.66. The topological polar surface area (TPSA) is 12.0 Å². The first-order valence-corrected chi connectivity index (χ1v) is 6.59. The average Bonchev–Trinajstić information content (AvgIpc) is 2.60. The Morgan fingerprint density at radius 1 is 1.20 bits per heavy atom. The minimum atomic E-state index is 0.313. The SMILES string of the molecule is CNCCCCc1ccc(C(C)(C)C)s1. The number of unbranched alkanes of at least 4 members (excludes halogenated alkanes) is 1. The van der Waals surface area contributed by atoms with Crippen molar-refractivity contribution in [2.75, 3.05) is 13.6 Å². The molecule has 0 aliphatic carbocycles. The highest BCUT2D eigenvalue weighted by molar-refractivity contribution is 7.12. The molecule has 2 heteroatoms. The molecule has 0 amide bonds. The maximum Gasteiger partial charge on any atom is 0.0102 e. The van der Waals surface area contributed by atoms with Crippen molar-refractivity contribution in [3.05, 3.63) is 21.9 Å². The van der Waals surface area contributed by atoms with E-state index in [0.29, 0.717) is 5.41 Å². The predicted octanol–water partition coefficient (Wildman–Crippen LogP) is 3.59. The third kappa shape index (κ3) is 4.35. The minimum absolute atomic E-state index is 0.313. The molecule has 1 aromatic heterocycles. The van der Waals surface area contributed by atoms with E-state index in [1.54, 1.807) is 0 Å². The van der Waals surface area contributed by atoms with Crippen LogP contribution in [-0.4, -0.2) is 13.6 Å². The molecule has 0 saturated heterocycles. The smallest absolute Gasteiger partial charge is 0.0102 e. The maximum atomic E-state index is 3.19. The summed E-state index contributed by atoms with van der Waals surface area (Å²) in [5, 5.41) is 3.19. The Morgan fingerprint density at radius 3 is 2.47 bits per heavy atom. The van der Waals surface area contributed by atoms with Gasteiger partial charge in [-0.25, -0.2) is 0 Å². The second-order valence-electron chi connectivity index (χ2n) is 5.08. The summed E-state index contributed by atoms with van der Waals surface area (Å²) in [5.74, 6) is 0. The fourth-order valence-electron chi connectivity index (χ4n) is 1.52. The van der Waals surface area contributed by atoms with Gasteiger partial charge in [0.2, 0.25) is 0 Å². The Balaban J connectivity index is 2.40. The molecule has 1 nitrogen and oxygen atoms in total. The number of hydrogen-bond acceptors (Lipinski definition) is 2. The van der Waals surface area contributed by atoms with E-state index in [-0.39, 0.29) is 0 Å². The van der Waals surface area contributed by atoms with Crippen molar-refractivity contribution >= 4 is 11.3 Å². The van der Waals surface area contributed by atoms with E-state index in [4.69, 9.17) is 0 Å². The molecule has 0 saturated carbocycles. The van der Waals surface area contributed by atoms with Crippen molar-refractivity contribution in [1.82, 2.24) is 5.32 Å². The van der Waals surface area contributed by atoms with Gasteiger partial charge < -0.3 is 5.32 Å². The van der Waals surface area contributed by atoms with Gasteiger partial charge in [0.15, 0.2) is 0 Å². The van der Waals surface area contributed by atoms with Crippen molar-refractivity contribution in [3.63, 3.8) is 0 Å². The highest BCUT2D eigenvalue weighted by atomic mass is 32.1. The molecule has 0 aliphatic heterocycles. The second-order valence-corrected chi connectivity index (χ2v) is 6.24. The molecule has 15 heavy (non-hydrogen) atoms. The molecule has 0 radical (unpaired) electrons. The van der Waals surface area contributed by atoms with Gasteiger partial charge in [0, 0.05) is 9.75 Å². The summed E-state index contributed by atoms with van der Waals surface area (Å²) in [4.78, 5) is 3.04. The lowest BCUT2D eigenvalue weighted by Crippen LogP contribution is -2.08. The van der Waals surface area contributed by atoms with Gasteiger partial charge in [0.05, 0.1) is 0 Å². The summed E-state index contributed by atoms with van der Waals surface area (Å²) in [5.41, 5.74) is 0.313. The third-order valence-corrected chi connectivity index (χ3v) is 4.07. The standard InChI is InChI=1S/C13H23NS/c1-13(2,3)12-9-8-11(15-12)7-5-6-10-14-4/h8-9,14H,5-7,10H2,1-4H3. The zero-order valence-electron chi connectivity index (χ0n) is 10.4. The summed E-state index contributed by atoms with van der Waals surface area (Å²) in [7, 11) is 2.02. The molecule has 0 spiro atoms. The lowest BCUT2D eigenvalue weighted by Gasteiger charge is -2.15. The van der Waals surface area contributed by atoms with Crippen LogP contribution in [0.3, 0.4) is 0 Å². The van der Waals surface area contributed by atoms with Crippen LogP contribution in [0.1, 0.15) is 43.4 Å². The van der Waals surface area contributed by atoms with E-state index in [0.717, 1.165) is 6.54 Å². The van der Waals surface area contributed by atoms with E-state index in [1.807, 2.05) is 18.4 Å². The van der Waals surface area contributed by atoms with Crippen LogP contribution in [0.5, 0.6) is 0 Å². The van der Waals surface area contributed by atoms with Crippen LogP contribution in [0.25, 0.3) is 0 Å². The Morgan fingerprint density at radius 2 is 1.93 bits per heavy atom. The number of thiophene rings is 1. The van der Waals surface area contributed by atoms with Crippen LogP contribution in [0.4, 0.5) is 0 Å². The average molecular weight is 225 g/mol. The van der Waals surface area contributed by atoms with Crippen molar-refractivity contribution in [2.45, 2.75) is 45.4 Å². The molecule has 0 bridgehead atoms. The first-order valence-electron chi connectivity index (χ1n) is 5.78. The lowest BCUT2D eigenvalue weighted by molar-refractivity contribution is 0.604. The van der Waals surface area contributed by atoms with Gasteiger partial charge in [-0.2, -0.15) is 0 Å². The maximum absolute atomic E-state index is 3.19. The van der Waals surface area contributed by atoms with Crippen molar-refractivity contribution in [2.24, 2.45) is 0 Å². The molecule has 1 rings (SSSR count). The quantitative estimate of drug-likeness (QED) is 0.755. The highest BCUT2D eigenvalue weighted by Gasteiger charge is 2.15. The van der Waals surface area contributed by atoms with Gasteiger partial charge in [0.1, 0.15) is 0 Å². The van der Waals surface area contributed by atoms with Crippen LogP contribution in [0, 0.1) is 0 Å². The summed E-state index contributed by atoms with van der Waals surface area (Å²) >= 11 is 1.98. The zero-order valence-corrected chi connectivity index (χ0v) is 11.2. The van der Waals surface area contributed by atoms with Crippen LogP contribution >= 0.6 is 11.3 Å². The fourth-order valence-corrected chi connectivity index (χ4v) is 2.62. The van der Waals surface area contributed by atoms with Gasteiger partial charge in [-0.05, 0) is 50.4 Å². The Kier molecular flexibility index (Phi) is 4.81. The number of aryl methyl sites for hydroxylation is 1. The van der Waals surface area contributed by atoms with Crippen LogP contribution < -0.4 is 5.32 Å². The van der Waals surface area contributed by atoms with Crippen LogP contribution in [0.2, 0.25) is 0 Å². The first-order chi connectivity index (χ1) is 7.04. The molecule has 0 atom stereocenters. The highest BCUT2D eigenvalue weighted by Crippen LogP contribution is 2.29. The van der Waals surface area contributed by atoms with Crippen LogP contribution in [0.15, 0.2) is 12.1 Å². The van der Waals surface area contributed by atoms with Gasteiger partial charge in [-0.3, -0.25) is 0 Å². The Hall–Kier alpha value is -0.340. The Labute approximate surface area is 97.9 Å². The number of rotatable bonds is 5. The van der Waals surface area contributed by atoms with Gasteiger partial charge in [-0.1, -0.05) is 20.8 Å². The minimum Gasteiger partial charge on any atom is -0.320 e. The number of hydrogen-bond donors (Lipinski definition) is 1. The summed E-state index contributed by atoms with van der Waals surface area (Å²) in [6.07, 6.45) is 3.81. The molecule has 1 N–H and O–H groups in total. The van der Waals surface area contributed by atoms with Gasteiger partial charge in [0.25, 0.3) is 0 Å². The van der Waals surface area contributed by atoms with Crippen molar-refractivity contribution < 1.29 is 0 Å². The molecule has 0 aromatic carbocycles. The molecule has 0 unspecified atom stereocenters. The first kappa shape index (κ1) is 12.7. The normalized spacial score (nSPS) is 12.0. The molecule has 86 valence electrons. The summed E-state index contributed by atoms with van der Waals surface area (Å²) < 4.78 is 0. The number of nitrogens with one attached hydrogen (secondary N) is 1. The molecular formula is C13H23NS. The summed E-state index contributed by atoms with van der Waals surface area (Å²) in [6, 6.07) is 4.59. The monoisotopic (exact) mass is 225 g/mol. The largest absolute Gasteiger partial charge is 0.320 e.